The quantitative estimate of drug-likeness (QED) is 0.854. The predicted octanol–water partition coefficient (Wildman–Crippen LogP) is 3.10. The maximum Gasteiger partial charge on any atom is 0.225 e. The zero-order chi connectivity index (χ0) is 16.8. The molecule has 5 nitrogen and oxygen atoms in total. The number of benzene rings is 1. The minimum absolute atomic E-state index is 0.0136. The number of hydrogen-bond acceptors (Lipinski definition) is 3. The Bertz CT molecular complexity index is 634. The van der Waals surface area contributed by atoms with Crippen LogP contribution in [-0.2, 0) is 11.3 Å². The van der Waals surface area contributed by atoms with Crippen molar-refractivity contribution in [2.45, 2.75) is 39.8 Å². The van der Waals surface area contributed by atoms with Gasteiger partial charge in [0, 0.05) is 18.9 Å². The Morgan fingerprint density at radius 2 is 2.04 bits per heavy atom. The number of amides is 1. The largest absolute Gasteiger partial charge is 0.497 e. The number of aromatic nitrogens is 2. The Morgan fingerprint density at radius 1 is 1.35 bits per heavy atom. The molecule has 0 fully saturated rings. The highest BCUT2D eigenvalue weighted by Crippen LogP contribution is 2.20. The molecule has 1 aromatic carbocycles. The van der Waals surface area contributed by atoms with Crippen molar-refractivity contribution in [3.05, 3.63) is 48.0 Å². The van der Waals surface area contributed by atoms with Crippen LogP contribution in [-0.4, -0.2) is 22.6 Å². The molecule has 0 radical (unpaired) electrons. The molecular formula is C18H25N3O2. The summed E-state index contributed by atoms with van der Waals surface area (Å²) in [6, 6.07) is 7.85. The molecule has 23 heavy (non-hydrogen) atoms. The third kappa shape index (κ3) is 4.34. The first-order valence-corrected chi connectivity index (χ1v) is 7.97. The summed E-state index contributed by atoms with van der Waals surface area (Å²) < 4.78 is 7.17. The van der Waals surface area contributed by atoms with Crippen LogP contribution >= 0.6 is 0 Å². The zero-order valence-electron chi connectivity index (χ0n) is 14.2. The molecule has 2 rings (SSSR count). The molecule has 2 atom stereocenters. The third-order valence-corrected chi connectivity index (χ3v) is 4.08. The lowest BCUT2D eigenvalue weighted by molar-refractivity contribution is -0.125. The Labute approximate surface area is 137 Å². The molecule has 1 aromatic heterocycles. The maximum absolute atomic E-state index is 12.5. The minimum Gasteiger partial charge on any atom is -0.497 e. The number of carbonyl (C=O) groups is 1. The van der Waals surface area contributed by atoms with Gasteiger partial charge in [-0.3, -0.25) is 4.79 Å². The van der Waals surface area contributed by atoms with Gasteiger partial charge in [-0.05, 0) is 31.0 Å². The van der Waals surface area contributed by atoms with Crippen LogP contribution in [0.5, 0.6) is 5.75 Å². The summed E-state index contributed by atoms with van der Waals surface area (Å²) in [6.45, 7) is 6.59. The Balaban J connectivity index is 1.99. The lowest BCUT2D eigenvalue weighted by atomic mass is 10.0. The SMILES string of the molecule is CCC(NC(=O)C(C)Cn1ccnc1C)c1ccc(OC)cc1. The summed E-state index contributed by atoms with van der Waals surface area (Å²) in [7, 11) is 1.65. The number of carbonyl (C=O) groups excluding carboxylic acids is 1. The maximum atomic E-state index is 12.5. The molecule has 2 aromatic rings. The van der Waals surface area contributed by atoms with Crippen LogP contribution in [0.15, 0.2) is 36.7 Å². The molecule has 1 amide bonds. The zero-order valence-corrected chi connectivity index (χ0v) is 14.2. The standard InChI is InChI=1S/C18H25N3O2/c1-5-17(15-6-8-16(23-4)9-7-15)20-18(22)13(2)12-21-11-10-19-14(21)3/h6-11,13,17H,5,12H2,1-4H3,(H,20,22). The van der Waals surface area contributed by atoms with E-state index < -0.39 is 0 Å². The van der Waals surface area contributed by atoms with E-state index in [0.29, 0.717) is 6.54 Å². The van der Waals surface area contributed by atoms with Crippen molar-refractivity contribution in [2.75, 3.05) is 7.11 Å². The second-order valence-electron chi connectivity index (χ2n) is 5.77. The van der Waals surface area contributed by atoms with Crippen molar-refractivity contribution in [3.8, 4) is 5.75 Å². The molecule has 0 aliphatic carbocycles. The van der Waals surface area contributed by atoms with Crippen LogP contribution < -0.4 is 10.1 Å². The summed E-state index contributed by atoms with van der Waals surface area (Å²) >= 11 is 0. The fourth-order valence-corrected chi connectivity index (χ4v) is 2.55. The van der Waals surface area contributed by atoms with E-state index in [1.807, 2.05) is 48.9 Å². The fraction of sp³-hybridized carbons (Fsp3) is 0.444. The van der Waals surface area contributed by atoms with Gasteiger partial charge in [0.1, 0.15) is 11.6 Å². The van der Waals surface area contributed by atoms with Gasteiger partial charge in [0.05, 0.1) is 19.1 Å². The first kappa shape index (κ1) is 17.1. The summed E-state index contributed by atoms with van der Waals surface area (Å²) in [5, 5.41) is 3.14. The van der Waals surface area contributed by atoms with Crippen LogP contribution in [0.3, 0.4) is 0 Å². The molecule has 0 saturated heterocycles. The number of hydrogen-bond donors (Lipinski definition) is 1. The van der Waals surface area contributed by atoms with E-state index in [2.05, 4.69) is 17.2 Å². The highest BCUT2D eigenvalue weighted by Gasteiger charge is 2.18. The van der Waals surface area contributed by atoms with Gasteiger partial charge in [0.25, 0.3) is 0 Å². The highest BCUT2D eigenvalue weighted by atomic mass is 16.5. The molecule has 0 saturated carbocycles. The first-order chi connectivity index (χ1) is 11.0. The average Bonchev–Trinajstić information content (AvgIpc) is 2.97. The topological polar surface area (TPSA) is 56.2 Å². The van der Waals surface area contributed by atoms with E-state index >= 15 is 0 Å². The van der Waals surface area contributed by atoms with E-state index in [9.17, 15) is 4.79 Å². The summed E-state index contributed by atoms with van der Waals surface area (Å²) in [6.07, 6.45) is 4.50. The van der Waals surface area contributed by atoms with Gasteiger partial charge in [-0.1, -0.05) is 26.0 Å². The monoisotopic (exact) mass is 315 g/mol. The number of ether oxygens (including phenoxy) is 1. The van der Waals surface area contributed by atoms with Gasteiger partial charge in [-0.15, -0.1) is 0 Å². The summed E-state index contributed by atoms with van der Waals surface area (Å²) in [5.41, 5.74) is 1.09. The van der Waals surface area contributed by atoms with Crippen LogP contribution in [0.2, 0.25) is 0 Å². The van der Waals surface area contributed by atoms with Crippen molar-refractivity contribution in [1.82, 2.24) is 14.9 Å². The van der Waals surface area contributed by atoms with Gasteiger partial charge >= 0.3 is 0 Å². The molecule has 1 heterocycles. The van der Waals surface area contributed by atoms with Gasteiger partial charge < -0.3 is 14.6 Å². The number of methoxy groups -OCH3 is 1. The van der Waals surface area contributed by atoms with Crippen molar-refractivity contribution < 1.29 is 9.53 Å². The van der Waals surface area contributed by atoms with Gasteiger partial charge in [-0.25, -0.2) is 4.98 Å². The van der Waals surface area contributed by atoms with Crippen LogP contribution in [0, 0.1) is 12.8 Å². The molecule has 2 unspecified atom stereocenters. The molecule has 124 valence electrons. The van der Waals surface area contributed by atoms with E-state index in [0.717, 1.165) is 23.6 Å². The summed E-state index contributed by atoms with van der Waals surface area (Å²) in [5.74, 6) is 1.68. The minimum atomic E-state index is -0.116. The van der Waals surface area contributed by atoms with Gasteiger partial charge in [0.15, 0.2) is 0 Å². The van der Waals surface area contributed by atoms with Gasteiger partial charge in [0.2, 0.25) is 5.91 Å². The number of aryl methyl sites for hydroxylation is 1. The third-order valence-electron chi connectivity index (χ3n) is 4.08. The number of rotatable bonds is 7. The highest BCUT2D eigenvalue weighted by molar-refractivity contribution is 5.78. The molecule has 0 aliphatic rings. The normalized spacial score (nSPS) is 13.4. The van der Waals surface area contributed by atoms with Crippen molar-refractivity contribution in [1.29, 1.82) is 0 Å². The number of nitrogens with one attached hydrogen (secondary N) is 1. The lowest BCUT2D eigenvalue weighted by Gasteiger charge is -2.21. The van der Waals surface area contributed by atoms with Crippen molar-refractivity contribution in [2.24, 2.45) is 5.92 Å². The predicted molar refractivity (Wildman–Crippen MR) is 90.3 cm³/mol. The second kappa shape index (κ2) is 7.81. The van der Waals surface area contributed by atoms with E-state index in [-0.39, 0.29) is 17.9 Å². The van der Waals surface area contributed by atoms with Crippen molar-refractivity contribution >= 4 is 5.91 Å². The van der Waals surface area contributed by atoms with Crippen LogP contribution in [0.1, 0.15) is 37.7 Å². The van der Waals surface area contributed by atoms with E-state index in [4.69, 9.17) is 4.74 Å². The Kier molecular flexibility index (Phi) is 5.79. The first-order valence-electron chi connectivity index (χ1n) is 7.97. The fourth-order valence-electron chi connectivity index (χ4n) is 2.55. The summed E-state index contributed by atoms with van der Waals surface area (Å²) in [4.78, 5) is 16.7. The van der Waals surface area contributed by atoms with Crippen LogP contribution in [0.25, 0.3) is 0 Å². The Hall–Kier alpha value is -2.30. The number of nitrogens with zero attached hydrogens (tertiary/aromatic N) is 2. The average molecular weight is 315 g/mol. The van der Waals surface area contributed by atoms with E-state index in [1.54, 1.807) is 13.3 Å². The van der Waals surface area contributed by atoms with Gasteiger partial charge in [-0.2, -0.15) is 0 Å². The van der Waals surface area contributed by atoms with Crippen LogP contribution in [0.4, 0.5) is 0 Å². The molecule has 0 aliphatic heterocycles. The molecule has 0 spiro atoms. The number of imidazole rings is 1. The lowest BCUT2D eigenvalue weighted by Crippen LogP contribution is -2.34. The molecular weight excluding hydrogens is 290 g/mol. The second-order valence-corrected chi connectivity index (χ2v) is 5.77. The smallest absolute Gasteiger partial charge is 0.225 e. The Morgan fingerprint density at radius 3 is 2.57 bits per heavy atom. The van der Waals surface area contributed by atoms with E-state index in [1.165, 1.54) is 0 Å². The molecule has 1 N–H and O–H groups in total. The molecule has 0 bridgehead atoms. The molecule has 5 heteroatoms. The van der Waals surface area contributed by atoms with Crippen molar-refractivity contribution in [3.63, 3.8) is 0 Å².